The summed E-state index contributed by atoms with van der Waals surface area (Å²) >= 11 is 7.33. The summed E-state index contributed by atoms with van der Waals surface area (Å²) < 4.78 is 0. The van der Waals surface area contributed by atoms with Crippen molar-refractivity contribution in [3.05, 3.63) is 129 Å². The third-order valence-corrected chi connectivity index (χ3v) is 7.70. The van der Waals surface area contributed by atoms with Gasteiger partial charge in [0, 0.05) is 16.3 Å². The molecule has 0 fully saturated rings. The number of amides is 3. The van der Waals surface area contributed by atoms with Gasteiger partial charge in [-0.15, -0.1) is 0 Å². The number of para-hydroxylation sites is 1. The highest BCUT2D eigenvalue weighted by atomic mass is 35.5. The molecule has 0 spiro atoms. The average molecular weight is 554 g/mol. The first-order chi connectivity index (χ1) is 18.8. The molecule has 5 rings (SSSR count). The van der Waals surface area contributed by atoms with Gasteiger partial charge in [0.15, 0.2) is 0 Å². The minimum atomic E-state index is -0.418. The van der Waals surface area contributed by atoms with E-state index in [0.717, 1.165) is 16.0 Å². The lowest BCUT2D eigenvalue weighted by Gasteiger charge is -2.16. The second-order valence-electron chi connectivity index (χ2n) is 8.97. The summed E-state index contributed by atoms with van der Waals surface area (Å²) in [6, 6.07) is 28.7. The minimum absolute atomic E-state index is 0.213. The number of thioether (sulfide) groups is 1. The summed E-state index contributed by atoms with van der Waals surface area (Å²) in [4.78, 5) is 42.0. The highest BCUT2D eigenvalue weighted by Crippen LogP contribution is 2.38. The van der Waals surface area contributed by atoms with Crippen molar-refractivity contribution in [1.29, 1.82) is 0 Å². The van der Waals surface area contributed by atoms with Gasteiger partial charge in [-0.2, -0.15) is 0 Å². The van der Waals surface area contributed by atoms with Crippen LogP contribution < -0.4 is 15.5 Å². The summed E-state index contributed by atoms with van der Waals surface area (Å²) in [7, 11) is 0. The standard InChI is InChI=1S/C31H24ClN3O3S/c1-19-12-15-23(18-20(19)2)35-30(37)27(33-21-8-4-3-5-9-21)28(31(35)38)39-24-16-13-22(14-17-24)34-29(36)25-10-6-7-11-26(25)32/h3-18,33H,1-2H3,(H,34,36). The van der Waals surface area contributed by atoms with E-state index in [-0.39, 0.29) is 16.5 Å². The Morgan fingerprint density at radius 1 is 0.769 bits per heavy atom. The minimum Gasteiger partial charge on any atom is -0.350 e. The number of carbonyl (C=O) groups excluding carboxylic acids is 3. The molecule has 0 aromatic heterocycles. The van der Waals surface area contributed by atoms with Crippen LogP contribution in [0.25, 0.3) is 0 Å². The predicted octanol–water partition coefficient (Wildman–Crippen LogP) is 7.20. The van der Waals surface area contributed by atoms with Gasteiger partial charge >= 0.3 is 0 Å². The van der Waals surface area contributed by atoms with E-state index in [2.05, 4.69) is 10.6 Å². The lowest BCUT2D eigenvalue weighted by atomic mass is 10.1. The molecule has 39 heavy (non-hydrogen) atoms. The molecular weight excluding hydrogens is 530 g/mol. The van der Waals surface area contributed by atoms with Gasteiger partial charge in [-0.1, -0.05) is 59.8 Å². The Labute approximate surface area is 235 Å². The number of nitrogens with one attached hydrogen (secondary N) is 2. The Bertz CT molecular complexity index is 1620. The van der Waals surface area contributed by atoms with Gasteiger partial charge < -0.3 is 10.6 Å². The van der Waals surface area contributed by atoms with Crippen LogP contribution >= 0.6 is 23.4 Å². The fourth-order valence-electron chi connectivity index (χ4n) is 4.05. The molecule has 0 saturated carbocycles. The number of aryl methyl sites for hydroxylation is 2. The van der Waals surface area contributed by atoms with Crippen molar-refractivity contribution in [2.75, 3.05) is 15.5 Å². The quantitative estimate of drug-likeness (QED) is 0.237. The van der Waals surface area contributed by atoms with Crippen LogP contribution in [0.3, 0.4) is 0 Å². The smallest absolute Gasteiger partial charge is 0.283 e. The predicted molar refractivity (Wildman–Crippen MR) is 157 cm³/mol. The Morgan fingerprint density at radius 3 is 2.15 bits per heavy atom. The lowest BCUT2D eigenvalue weighted by molar-refractivity contribution is -0.120. The fraction of sp³-hybridized carbons (Fsp3) is 0.0645. The normalized spacial score (nSPS) is 13.2. The summed E-state index contributed by atoms with van der Waals surface area (Å²) in [6.45, 7) is 3.93. The molecule has 0 atom stereocenters. The van der Waals surface area contributed by atoms with E-state index >= 15 is 0 Å². The van der Waals surface area contributed by atoms with Crippen LogP contribution in [0, 0.1) is 13.8 Å². The topological polar surface area (TPSA) is 78.5 Å². The van der Waals surface area contributed by atoms with Crippen molar-refractivity contribution in [2.24, 2.45) is 0 Å². The first-order valence-electron chi connectivity index (χ1n) is 12.2. The van der Waals surface area contributed by atoms with Crippen molar-refractivity contribution < 1.29 is 14.4 Å². The molecule has 0 bridgehead atoms. The zero-order valence-corrected chi connectivity index (χ0v) is 22.8. The maximum atomic E-state index is 13.6. The van der Waals surface area contributed by atoms with E-state index in [0.29, 0.717) is 27.6 Å². The van der Waals surface area contributed by atoms with Gasteiger partial charge in [-0.05, 0) is 85.6 Å². The van der Waals surface area contributed by atoms with Crippen LogP contribution in [-0.4, -0.2) is 17.7 Å². The van der Waals surface area contributed by atoms with E-state index in [1.165, 1.54) is 16.7 Å². The van der Waals surface area contributed by atoms with Crippen LogP contribution in [-0.2, 0) is 9.59 Å². The Balaban J connectivity index is 1.41. The number of hydrogen-bond donors (Lipinski definition) is 2. The van der Waals surface area contributed by atoms with E-state index < -0.39 is 11.8 Å². The van der Waals surface area contributed by atoms with Crippen molar-refractivity contribution in [3.8, 4) is 0 Å². The second kappa shape index (κ2) is 11.2. The molecule has 6 nitrogen and oxygen atoms in total. The number of imide groups is 1. The zero-order valence-electron chi connectivity index (χ0n) is 21.2. The molecule has 0 radical (unpaired) electrons. The number of rotatable bonds is 7. The Kier molecular flexibility index (Phi) is 7.54. The monoisotopic (exact) mass is 553 g/mol. The zero-order chi connectivity index (χ0) is 27.5. The van der Waals surface area contributed by atoms with Crippen LogP contribution in [0.4, 0.5) is 17.1 Å². The van der Waals surface area contributed by atoms with E-state index in [1.807, 2.05) is 56.3 Å². The van der Waals surface area contributed by atoms with Crippen molar-refractivity contribution in [1.82, 2.24) is 0 Å². The largest absolute Gasteiger partial charge is 0.350 e. The van der Waals surface area contributed by atoms with Gasteiger partial charge in [0.25, 0.3) is 17.7 Å². The molecular formula is C31H24ClN3O3S. The highest BCUT2D eigenvalue weighted by molar-refractivity contribution is 8.04. The first kappa shape index (κ1) is 26.3. The molecule has 0 saturated heterocycles. The molecule has 1 aliphatic rings. The molecule has 2 N–H and O–H groups in total. The molecule has 4 aromatic carbocycles. The molecule has 1 aliphatic heterocycles. The van der Waals surface area contributed by atoms with Crippen molar-refractivity contribution in [3.63, 3.8) is 0 Å². The summed E-state index contributed by atoms with van der Waals surface area (Å²) in [5.41, 5.74) is 4.45. The molecule has 1 heterocycles. The second-order valence-corrected chi connectivity index (χ2v) is 10.5. The van der Waals surface area contributed by atoms with E-state index in [1.54, 1.807) is 54.6 Å². The Morgan fingerprint density at radius 2 is 1.46 bits per heavy atom. The van der Waals surface area contributed by atoms with Crippen LogP contribution in [0.5, 0.6) is 0 Å². The first-order valence-corrected chi connectivity index (χ1v) is 13.4. The number of nitrogens with zero attached hydrogens (tertiary/aromatic N) is 1. The highest BCUT2D eigenvalue weighted by Gasteiger charge is 2.40. The lowest BCUT2D eigenvalue weighted by Crippen LogP contribution is -2.32. The number of benzene rings is 4. The fourth-order valence-corrected chi connectivity index (χ4v) is 5.20. The van der Waals surface area contributed by atoms with Gasteiger partial charge in [0.1, 0.15) is 10.6 Å². The number of carbonyl (C=O) groups is 3. The summed E-state index contributed by atoms with van der Waals surface area (Å²) in [5.74, 6) is -1.14. The molecule has 0 unspecified atom stereocenters. The molecule has 8 heteroatoms. The average Bonchev–Trinajstić information content (AvgIpc) is 3.16. The maximum Gasteiger partial charge on any atom is 0.283 e. The molecule has 0 aliphatic carbocycles. The Hall–Kier alpha value is -4.33. The van der Waals surface area contributed by atoms with Gasteiger partial charge in [-0.3, -0.25) is 14.4 Å². The van der Waals surface area contributed by atoms with Gasteiger partial charge in [0.2, 0.25) is 0 Å². The van der Waals surface area contributed by atoms with E-state index in [4.69, 9.17) is 11.6 Å². The van der Waals surface area contributed by atoms with Crippen LogP contribution in [0.15, 0.2) is 113 Å². The third kappa shape index (κ3) is 5.60. The van der Waals surface area contributed by atoms with Gasteiger partial charge in [-0.25, -0.2) is 4.90 Å². The van der Waals surface area contributed by atoms with E-state index in [9.17, 15) is 14.4 Å². The van der Waals surface area contributed by atoms with Crippen LogP contribution in [0.2, 0.25) is 5.02 Å². The molecule has 4 aromatic rings. The number of anilines is 3. The van der Waals surface area contributed by atoms with Gasteiger partial charge in [0.05, 0.1) is 16.3 Å². The number of halogens is 1. The molecule has 194 valence electrons. The van der Waals surface area contributed by atoms with Crippen molar-refractivity contribution >= 4 is 58.1 Å². The third-order valence-electron chi connectivity index (χ3n) is 6.28. The SMILES string of the molecule is Cc1ccc(N2C(=O)C(Nc3ccccc3)=C(Sc3ccc(NC(=O)c4ccccc4Cl)cc3)C2=O)cc1C. The van der Waals surface area contributed by atoms with Crippen LogP contribution in [0.1, 0.15) is 21.5 Å². The number of hydrogen-bond acceptors (Lipinski definition) is 5. The maximum absolute atomic E-state index is 13.6. The summed E-state index contributed by atoms with van der Waals surface area (Å²) in [6.07, 6.45) is 0. The van der Waals surface area contributed by atoms with Crippen molar-refractivity contribution in [2.45, 2.75) is 18.7 Å². The summed E-state index contributed by atoms with van der Waals surface area (Å²) in [5, 5.41) is 6.35. The molecule has 3 amide bonds.